The van der Waals surface area contributed by atoms with Gasteiger partial charge in [-0.25, -0.2) is 0 Å². The van der Waals surface area contributed by atoms with Crippen LogP contribution in [0.15, 0.2) is 0 Å². The van der Waals surface area contributed by atoms with Gasteiger partial charge in [0, 0.05) is 6.54 Å². The molecule has 1 rings (SSSR count). The van der Waals surface area contributed by atoms with E-state index >= 15 is 0 Å². The number of nitrogens with two attached hydrogens (primary N) is 1. The van der Waals surface area contributed by atoms with E-state index in [0.29, 0.717) is 5.41 Å². The molecule has 1 heterocycles. The Labute approximate surface area is 88.8 Å². The predicted octanol–water partition coefficient (Wildman–Crippen LogP) is 2.24. The summed E-state index contributed by atoms with van der Waals surface area (Å²) in [5.41, 5.74) is 6.03. The van der Waals surface area contributed by atoms with Gasteiger partial charge in [-0.3, -0.25) is 0 Å². The van der Waals surface area contributed by atoms with Crippen LogP contribution in [0.3, 0.4) is 0 Å². The van der Waals surface area contributed by atoms with Crippen molar-refractivity contribution < 1.29 is 0 Å². The van der Waals surface area contributed by atoms with Gasteiger partial charge in [-0.15, -0.1) is 0 Å². The number of nitrogens with zero attached hydrogens (tertiary/aromatic N) is 1. The molecule has 0 aromatic carbocycles. The number of likely N-dealkylation sites (tertiary alicyclic amines) is 1. The van der Waals surface area contributed by atoms with E-state index in [1.165, 1.54) is 45.3 Å². The molecule has 0 atom stereocenters. The molecule has 0 unspecified atom stereocenters. The number of hydrogen-bond donors (Lipinski definition) is 1. The monoisotopic (exact) mass is 198 g/mol. The molecule has 0 aliphatic carbocycles. The van der Waals surface area contributed by atoms with Gasteiger partial charge in [0.25, 0.3) is 0 Å². The second-order valence-corrected chi connectivity index (χ2v) is 5.39. The van der Waals surface area contributed by atoms with Crippen LogP contribution in [0.25, 0.3) is 0 Å². The fourth-order valence-electron chi connectivity index (χ4n) is 2.37. The third kappa shape index (κ3) is 4.43. The maximum Gasteiger partial charge on any atom is 0.00332 e. The molecule has 1 saturated heterocycles. The van der Waals surface area contributed by atoms with Crippen LogP contribution in [0.5, 0.6) is 0 Å². The van der Waals surface area contributed by atoms with Gasteiger partial charge < -0.3 is 10.6 Å². The lowest BCUT2D eigenvalue weighted by Crippen LogP contribution is -2.36. The zero-order chi connectivity index (χ0) is 10.4. The van der Waals surface area contributed by atoms with Crippen LogP contribution in [-0.4, -0.2) is 31.1 Å². The third-order valence-corrected chi connectivity index (χ3v) is 3.17. The highest BCUT2D eigenvalue weighted by Crippen LogP contribution is 2.22. The summed E-state index contributed by atoms with van der Waals surface area (Å²) in [6.45, 7) is 9.32. The Kier molecular flexibility index (Phi) is 4.90. The van der Waals surface area contributed by atoms with Gasteiger partial charge in [0.1, 0.15) is 0 Å². The average Bonchev–Trinajstić information content (AvgIpc) is 2.31. The maximum atomic E-state index is 5.63. The van der Waals surface area contributed by atoms with Crippen molar-refractivity contribution in [1.29, 1.82) is 0 Å². The zero-order valence-corrected chi connectivity index (χ0v) is 9.89. The SMILES string of the molecule is CC(C)(CCN)CN1CCCCCC1. The predicted molar refractivity (Wildman–Crippen MR) is 62.4 cm³/mol. The molecule has 0 saturated carbocycles. The Morgan fingerprint density at radius 3 is 2.14 bits per heavy atom. The maximum absolute atomic E-state index is 5.63. The minimum Gasteiger partial charge on any atom is -0.330 e. The third-order valence-electron chi connectivity index (χ3n) is 3.17. The van der Waals surface area contributed by atoms with Crippen molar-refractivity contribution in [2.45, 2.75) is 46.0 Å². The first-order chi connectivity index (χ1) is 6.64. The van der Waals surface area contributed by atoms with Crippen molar-refractivity contribution in [2.75, 3.05) is 26.2 Å². The van der Waals surface area contributed by atoms with Crippen LogP contribution in [0.1, 0.15) is 46.0 Å². The van der Waals surface area contributed by atoms with Crippen molar-refractivity contribution in [2.24, 2.45) is 11.1 Å². The molecule has 84 valence electrons. The molecule has 1 aliphatic rings. The molecular formula is C12H26N2. The van der Waals surface area contributed by atoms with E-state index < -0.39 is 0 Å². The lowest BCUT2D eigenvalue weighted by atomic mass is 9.88. The van der Waals surface area contributed by atoms with Gasteiger partial charge in [-0.2, -0.15) is 0 Å². The second kappa shape index (κ2) is 5.72. The Morgan fingerprint density at radius 1 is 1.07 bits per heavy atom. The summed E-state index contributed by atoms with van der Waals surface area (Å²) in [7, 11) is 0. The van der Waals surface area contributed by atoms with E-state index in [2.05, 4.69) is 18.7 Å². The van der Waals surface area contributed by atoms with Gasteiger partial charge in [0.05, 0.1) is 0 Å². The minimum atomic E-state index is 0.402. The molecule has 0 aromatic rings. The quantitative estimate of drug-likeness (QED) is 0.750. The van der Waals surface area contributed by atoms with Gasteiger partial charge >= 0.3 is 0 Å². The van der Waals surface area contributed by atoms with Gasteiger partial charge in [-0.05, 0) is 44.3 Å². The molecule has 0 bridgehead atoms. The molecule has 1 fully saturated rings. The van der Waals surface area contributed by atoms with Crippen LogP contribution in [0, 0.1) is 5.41 Å². The first-order valence-corrected chi connectivity index (χ1v) is 6.06. The van der Waals surface area contributed by atoms with E-state index in [9.17, 15) is 0 Å². The number of rotatable bonds is 4. The first-order valence-electron chi connectivity index (χ1n) is 6.06. The lowest BCUT2D eigenvalue weighted by Gasteiger charge is -2.31. The fraction of sp³-hybridized carbons (Fsp3) is 1.00. The van der Waals surface area contributed by atoms with Crippen LogP contribution in [-0.2, 0) is 0 Å². The highest BCUT2D eigenvalue weighted by molar-refractivity contribution is 4.75. The van der Waals surface area contributed by atoms with Gasteiger partial charge in [0.2, 0.25) is 0 Å². The first kappa shape index (κ1) is 12.0. The average molecular weight is 198 g/mol. The van der Waals surface area contributed by atoms with Crippen LogP contribution in [0.2, 0.25) is 0 Å². The Bertz CT molecular complexity index is 146. The summed E-state index contributed by atoms with van der Waals surface area (Å²) < 4.78 is 0. The molecule has 2 heteroatoms. The van der Waals surface area contributed by atoms with Gasteiger partial charge in [0.15, 0.2) is 0 Å². The minimum absolute atomic E-state index is 0.402. The standard InChI is InChI=1S/C12H26N2/c1-12(2,7-8-13)11-14-9-5-3-4-6-10-14/h3-11,13H2,1-2H3. The molecule has 0 spiro atoms. The highest BCUT2D eigenvalue weighted by Gasteiger charge is 2.21. The van der Waals surface area contributed by atoms with Crippen molar-refractivity contribution >= 4 is 0 Å². The molecule has 0 amide bonds. The van der Waals surface area contributed by atoms with Crippen molar-refractivity contribution in [3.63, 3.8) is 0 Å². The molecule has 0 radical (unpaired) electrons. The second-order valence-electron chi connectivity index (χ2n) is 5.39. The number of hydrogen-bond acceptors (Lipinski definition) is 2. The normalized spacial score (nSPS) is 20.8. The van der Waals surface area contributed by atoms with E-state index in [1.807, 2.05) is 0 Å². The largest absolute Gasteiger partial charge is 0.330 e. The van der Waals surface area contributed by atoms with E-state index in [1.54, 1.807) is 0 Å². The topological polar surface area (TPSA) is 29.3 Å². The molecule has 14 heavy (non-hydrogen) atoms. The molecule has 2 N–H and O–H groups in total. The molecule has 1 aliphatic heterocycles. The zero-order valence-electron chi connectivity index (χ0n) is 9.89. The summed E-state index contributed by atoms with van der Waals surface area (Å²) in [5, 5.41) is 0. The van der Waals surface area contributed by atoms with Crippen LogP contribution >= 0.6 is 0 Å². The van der Waals surface area contributed by atoms with Crippen LogP contribution < -0.4 is 5.73 Å². The van der Waals surface area contributed by atoms with E-state index in [0.717, 1.165) is 13.0 Å². The molecular weight excluding hydrogens is 172 g/mol. The van der Waals surface area contributed by atoms with Crippen molar-refractivity contribution in [3.05, 3.63) is 0 Å². The summed E-state index contributed by atoms with van der Waals surface area (Å²) in [4.78, 5) is 2.63. The Hall–Kier alpha value is -0.0800. The summed E-state index contributed by atoms with van der Waals surface area (Å²) in [5.74, 6) is 0. The van der Waals surface area contributed by atoms with E-state index in [-0.39, 0.29) is 0 Å². The fourth-order valence-corrected chi connectivity index (χ4v) is 2.37. The highest BCUT2D eigenvalue weighted by atomic mass is 15.1. The summed E-state index contributed by atoms with van der Waals surface area (Å²) >= 11 is 0. The van der Waals surface area contributed by atoms with Crippen molar-refractivity contribution in [3.8, 4) is 0 Å². The smallest absolute Gasteiger partial charge is 0.00332 e. The van der Waals surface area contributed by atoms with Crippen molar-refractivity contribution in [1.82, 2.24) is 4.90 Å². The van der Waals surface area contributed by atoms with Gasteiger partial charge in [-0.1, -0.05) is 26.7 Å². The molecule has 2 nitrogen and oxygen atoms in total. The summed E-state index contributed by atoms with van der Waals surface area (Å²) in [6, 6.07) is 0. The van der Waals surface area contributed by atoms with E-state index in [4.69, 9.17) is 5.73 Å². The molecule has 0 aromatic heterocycles. The Balaban J connectivity index is 2.33. The Morgan fingerprint density at radius 2 is 1.64 bits per heavy atom. The van der Waals surface area contributed by atoms with Crippen LogP contribution in [0.4, 0.5) is 0 Å². The lowest BCUT2D eigenvalue weighted by molar-refractivity contribution is 0.175. The summed E-state index contributed by atoms with van der Waals surface area (Å²) in [6.07, 6.45) is 6.77.